The molecule has 0 aromatic heterocycles. The van der Waals surface area contributed by atoms with Gasteiger partial charge in [-0.1, -0.05) is 6.07 Å². The number of carbonyl (C=O) groups is 1. The number of nitrogens with one attached hydrogen (secondary N) is 2. The van der Waals surface area contributed by atoms with Crippen LogP contribution in [0.15, 0.2) is 24.3 Å². The zero-order valence-corrected chi connectivity index (χ0v) is 13.3. The minimum atomic E-state index is -0.543. The highest BCUT2D eigenvalue weighted by Gasteiger charge is 2.22. The predicted octanol–water partition coefficient (Wildman–Crippen LogP) is -1.20. The minimum absolute atomic E-state index is 0.134. The van der Waals surface area contributed by atoms with Gasteiger partial charge in [0.15, 0.2) is 5.11 Å². The number of hydrogen-bond acceptors (Lipinski definition) is 5. The number of aliphatic hydroxyl groups excluding tert-OH is 1. The Morgan fingerprint density at radius 1 is 1.43 bits per heavy atom. The van der Waals surface area contributed by atoms with E-state index in [4.69, 9.17) is 17.3 Å². The van der Waals surface area contributed by atoms with E-state index in [-0.39, 0.29) is 17.9 Å². The van der Waals surface area contributed by atoms with Gasteiger partial charge in [0.1, 0.15) is 6.54 Å². The molecule has 0 saturated carbocycles. The average Bonchev–Trinajstić information content (AvgIpc) is 2.55. The highest BCUT2D eigenvalue weighted by Crippen LogP contribution is 2.13. The first kappa shape index (κ1) is 17.3. The van der Waals surface area contributed by atoms with Crippen molar-refractivity contribution in [2.75, 3.05) is 39.3 Å². The van der Waals surface area contributed by atoms with E-state index >= 15 is 0 Å². The van der Waals surface area contributed by atoms with Crippen molar-refractivity contribution in [3.63, 3.8) is 0 Å². The summed E-state index contributed by atoms with van der Waals surface area (Å²) in [5.74, 6) is -0.455. The van der Waals surface area contributed by atoms with Crippen LogP contribution in [0.3, 0.4) is 0 Å². The molecular weight excluding hydrogens is 320 g/mol. The maximum absolute atomic E-state index is 12.2. The van der Waals surface area contributed by atoms with Gasteiger partial charge in [-0.3, -0.25) is 20.2 Å². The molecule has 8 nitrogen and oxygen atoms in total. The average molecular weight is 339 g/mol. The van der Waals surface area contributed by atoms with E-state index in [2.05, 4.69) is 5.32 Å². The van der Waals surface area contributed by atoms with Crippen molar-refractivity contribution in [1.29, 1.82) is 0 Å². The molecule has 23 heavy (non-hydrogen) atoms. The number of non-ortho nitro benzene ring substituents is 1. The first-order valence-electron chi connectivity index (χ1n) is 7.30. The third-order valence-electron chi connectivity index (χ3n) is 3.76. The van der Waals surface area contributed by atoms with E-state index in [9.17, 15) is 14.9 Å². The van der Waals surface area contributed by atoms with Crippen LogP contribution in [0.4, 0.5) is 5.69 Å². The third kappa shape index (κ3) is 4.68. The molecule has 1 heterocycles. The fourth-order valence-electron chi connectivity index (χ4n) is 2.44. The normalized spacial score (nSPS) is 15.3. The molecule has 1 amide bonds. The van der Waals surface area contributed by atoms with Gasteiger partial charge in [0, 0.05) is 17.7 Å². The zero-order chi connectivity index (χ0) is 16.8. The molecule has 0 atom stereocenters. The lowest BCUT2D eigenvalue weighted by molar-refractivity contribution is -0.904. The van der Waals surface area contributed by atoms with Crippen LogP contribution in [0.2, 0.25) is 0 Å². The van der Waals surface area contributed by atoms with Gasteiger partial charge in [-0.25, -0.2) is 0 Å². The van der Waals surface area contributed by atoms with Crippen molar-refractivity contribution >= 4 is 28.9 Å². The Labute approximate surface area is 138 Å². The highest BCUT2D eigenvalue weighted by atomic mass is 32.1. The van der Waals surface area contributed by atoms with Crippen LogP contribution in [0.1, 0.15) is 10.4 Å². The first-order chi connectivity index (χ1) is 11.0. The number of quaternary nitrogens is 1. The number of hydrogen-bond donors (Lipinski definition) is 3. The molecule has 1 aromatic carbocycles. The number of carbonyl (C=O) groups excluding carboxylic acids is 1. The van der Waals surface area contributed by atoms with Gasteiger partial charge in [-0.15, -0.1) is 0 Å². The summed E-state index contributed by atoms with van der Waals surface area (Å²) in [6.07, 6.45) is 0. The molecule has 1 aliphatic rings. The van der Waals surface area contributed by atoms with Gasteiger partial charge < -0.3 is 14.9 Å². The summed E-state index contributed by atoms with van der Waals surface area (Å²) >= 11 is 5.24. The van der Waals surface area contributed by atoms with Crippen molar-refractivity contribution in [2.45, 2.75) is 0 Å². The van der Waals surface area contributed by atoms with Crippen molar-refractivity contribution in [3.05, 3.63) is 39.9 Å². The van der Waals surface area contributed by atoms with Crippen molar-refractivity contribution < 1.29 is 19.7 Å². The van der Waals surface area contributed by atoms with Crippen LogP contribution in [-0.2, 0) is 0 Å². The van der Waals surface area contributed by atoms with E-state index in [1.165, 1.54) is 29.2 Å². The summed E-state index contributed by atoms with van der Waals surface area (Å²) in [7, 11) is 0. The molecule has 1 fully saturated rings. The van der Waals surface area contributed by atoms with Crippen molar-refractivity contribution in [3.8, 4) is 0 Å². The Morgan fingerprint density at radius 2 is 2.13 bits per heavy atom. The smallest absolute Gasteiger partial charge is 0.270 e. The second-order valence-corrected chi connectivity index (χ2v) is 5.66. The third-order valence-corrected chi connectivity index (χ3v) is 4.12. The Morgan fingerprint density at radius 3 is 2.74 bits per heavy atom. The lowest BCUT2D eigenvalue weighted by Gasteiger charge is -2.33. The van der Waals surface area contributed by atoms with Gasteiger partial charge in [0.2, 0.25) is 0 Å². The van der Waals surface area contributed by atoms with Gasteiger partial charge in [0.25, 0.3) is 11.6 Å². The molecule has 1 saturated heterocycles. The maximum Gasteiger partial charge on any atom is 0.270 e. The molecule has 0 spiro atoms. The SMILES string of the molecule is O=C(NC(=S)N1CC[NH+](CCO)CC1)c1cccc([N+](=O)[O-])c1. The van der Waals surface area contributed by atoms with Crippen LogP contribution in [0.5, 0.6) is 0 Å². The Bertz CT molecular complexity index is 602. The molecule has 2 rings (SSSR count). The largest absolute Gasteiger partial charge is 0.391 e. The number of benzene rings is 1. The summed E-state index contributed by atoms with van der Waals surface area (Å²) < 4.78 is 0. The van der Waals surface area contributed by atoms with E-state index in [1.54, 1.807) is 0 Å². The number of piperazine rings is 1. The molecule has 3 N–H and O–H groups in total. The number of amides is 1. The van der Waals surface area contributed by atoms with Crippen LogP contribution in [-0.4, -0.2) is 65.3 Å². The number of nitro benzene ring substituents is 1. The number of aliphatic hydroxyl groups is 1. The van der Waals surface area contributed by atoms with Crippen molar-refractivity contribution in [1.82, 2.24) is 10.2 Å². The fourth-order valence-corrected chi connectivity index (χ4v) is 2.72. The first-order valence-corrected chi connectivity index (χ1v) is 7.71. The number of rotatable bonds is 4. The minimum Gasteiger partial charge on any atom is -0.391 e. The lowest BCUT2D eigenvalue weighted by Crippen LogP contribution is -3.15. The molecule has 1 aliphatic heterocycles. The number of nitrogens with zero attached hydrogens (tertiary/aromatic N) is 2. The van der Waals surface area contributed by atoms with Crippen LogP contribution in [0.25, 0.3) is 0 Å². The maximum atomic E-state index is 12.2. The molecule has 1 aromatic rings. The van der Waals surface area contributed by atoms with Crippen molar-refractivity contribution in [2.24, 2.45) is 0 Å². The van der Waals surface area contributed by atoms with Gasteiger partial charge in [0.05, 0.1) is 37.7 Å². The van der Waals surface area contributed by atoms with E-state index in [0.29, 0.717) is 24.7 Å². The highest BCUT2D eigenvalue weighted by molar-refractivity contribution is 7.80. The topological polar surface area (TPSA) is 100 Å². The molecule has 0 bridgehead atoms. The summed E-state index contributed by atoms with van der Waals surface area (Å²) in [5.41, 5.74) is 0.0656. The van der Waals surface area contributed by atoms with Crippen LogP contribution >= 0.6 is 12.2 Å². The molecule has 124 valence electrons. The van der Waals surface area contributed by atoms with Crippen LogP contribution in [0, 0.1) is 10.1 Å². The Kier molecular flexibility index (Phi) is 5.97. The quantitative estimate of drug-likeness (QED) is 0.362. The Balaban J connectivity index is 1.91. The summed E-state index contributed by atoms with van der Waals surface area (Å²) in [4.78, 5) is 25.6. The van der Waals surface area contributed by atoms with Gasteiger partial charge in [-0.2, -0.15) is 0 Å². The Hall–Kier alpha value is -2.10. The number of thiocarbonyl (C=S) groups is 1. The summed E-state index contributed by atoms with van der Waals surface area (Å²) in [6.45, 7) is 3.94. The van der Waals surface area contributed by atoms with Gasteiger partial charge in [-0.05, 0) is 18.3 Å². The van der Waals surface area contributed by atoms with E-state index in [1.807, 2.05) is 4.90 Å². The lowest BCUT2D eigenvalue weighted by atomic mass is 10.2. The monoisotopic (exact) mass is 339 g/mol. The molecule has 9 heteroatoms. The van der Waals surface area contributed by atoms with Gasteiger partial charge >= 0.3 is 0 Å². The fraction of sp³-hybridized carbons (Fsp3) is 0.429. The second kappa shape index (κ2) is 7.95. The molecular formula is C14H19N4O4S+. The molecule has 0 unspecified atom stereocenters. The summed E-state index contributed by atoms with van der Waals surface area (Å²) in [5, 5.41) is 22.6. The summed E-state index contributed by atoms with van der Waals surface area (Å²) in [6, 6.07) is 5.53. The predicted molar refractivity (Wildman–Crippen MR) is 87.4 cm³/mol. The second-order valence-electron chi connectivity index (χ2n) is 5.28. The van der Waals surface area contributed by atoms with E-state index < -0.39 is 10.8 Å². The zero-order valence-electron chi connectivity index (χ0n) is 12.5. The molecule has 0 radical (unpaired) electrons. The number of nitro groups is 1. The standard InChI is InChI=1S/C14H18N4O4S/c19-9-8-16-4-6-17(7-5-16)14(23)15-13(20)11-2-1-3-12(10-11)18(21)22/h1-3,10,19H,4-9H2,(H,15,20,23)/p+1. The molecule has 0 aliphatic carbocycles. The van der Waals surface area contributed by atoms with Crippen LogP contribution < -0.4 is 10.2 Å². The van der Waals surface area contributed by atoms with E-state index in [0.717, 1.165) is 13.1 Å².